The summed E-state index contributed by atoms with van der Waals surface area (Å²) in [5, 5.41) is 14.4. The molecule has 1 heterocycles. The van der Waals surface area contributed by atoms with Gasteiger partial charge in [-0.2, -0.15) is 5.26 Å². The zero-order valence-corrected chi connectivity index (χ0v) is 5.87. The van der Waals surface area contributed by atoms with E-state index in [1.54, 1.807) is 0 Å². The van der Waals surface area contributed by atoms with E-state index in [4.69, 9.17) is 5.26 Å². The van der Waals surface area contributed by atoms with Crippen molar-refractivity contribution in [2.24, 2.45) is 0 Å². The van der Waals surface area contributed by atoms with Crippen LogP contribution in [0.3, 0.4) is 0 Å². The van der Waals surface area contributed by atoms with Gasteiger partial charge in [-0.15, -0.1) is 11.8 Å². The molecule has 0 spiro atoms. The molecule has 1 saturated heterocycles. The maximum atomic E-state index is 8.13. The number of nitrogens with zero attached hydrogens (tertiary/aromatic N) is 1. The fourth-order valence-electron chi connectivity index (χ4n) is 0.749. The van der Waals surface area contributed by atoms with Crippen molar-refractivity contribution >= 4 is 11.8 Å². The maximum absolute atomic E-state index is 8.13. The van der Waals surface area contributed by atoms with Crippen LogP contribution in [0.25, 0.3) is 0 Å². The molecule has 1 unspecified atom stereocenters. The monoisotopic (exact) mass is 143 g/mol. The highest BCUT2D eigenvalue weighted by molar-refractivity contribution is 8.00. The van der Waals surface area contributed by atoms with E-state index in [9.17, 15) is 0 Å². The van der Waals surface area contributed by atoms with Crippen LogP contribution >= 0.6 is 11.8 Å². The topological polar surface area (TPSA) is 47.9 Å². The van der Waals surface area contributed by atoms with Gasteiger partial charge in [-0.25, -0.2) is 0 Å². The van der Waals surface area contributed by atoms with Crippen LogP contribution in [-0.4, -0.2) is 24.2 Å². The number of hydrogen-bond donors (Lipinski definition) is 2. The van der Waals surface area contributed by atoms with Crippen molar-refractivity contribution in [3.63, 3.8) is 0 Å². The number of nitrogens with one attached hydrogen (secondary N) is 2. The summed E-state index contributed by atoms with van der Waals surface area (Å²) in [6, 6.07) is 0. The molecule has 0 saturated carbocycles. The lowest BCUT2D eigenvalue weighted by Crippen LogP contribution is -2.29. The minimum Gasteiger partial charge on any atom is -0.321 e. The Balaban J connectivity index is 2.06. The minimum atomic E-state index is 0.449. The molecule has 50 valence electrons. The molecule has 4 heteroatoms. The predicted octanol–water partition coefficient (Wildman–Crippen LogP) is -0.280. The molecule has 0 radical (unpaired) electrons. The van der Waals surface area contributed by atoms with Crippen molar-refractivity contribution in [3.8, 4) is 6.19 Å². The van der Waals surface area contributed by atoms with Gasteiger partial charge in [-0.1, -0.05) is 0 Å². The molecule has 0 aliphatic carbocycles. The lowest BCUT2D eigenvalue weighted by Gasteiger charge is -2.05. The van der Waals surface area contributed by atoms with E-state index < -0.39 is 0 Å². The van der Waals surface area contributed by atoms with Gasteiger partial charge in [0.15, 0.2) is 6.19 Å². The van der Waals surface area contributed by atoms with Gasteiger partial charge >= 0.3 is 0 Å². The smallest absolute Gasteiger partial charge is 0.176 e. The third-order valence-corrected chi connectivity index (χ3v) is 2.34. The Kier molecular flexibility index (Phi) is 2.68. The average molecular weight is 143 g/mol. The molecule has 0 aromatic carbocycles. The summed E-state index contributed by atoms with van der Waals surface area (Å²) in [4.78, 5) is 0. The van der Waals surface area contributed by atoms with Gasteiger partial charge in [0.25, 0.3) is 0 Å². The average Bonchev–Trinajstić information content (AvgIpc) is 2.34. The van der Waals surface area contributed by atoms with Crippen molar-refractivity contribution in [3.05, 3.63) is 0 Å². The second-order valence-corrected chi connectivity index (χ2v) is 3.12. The molecule has 9 heavy (non-hydrogen) atoms. The van der Waals surface area contributed by atoms with Gasteiger partial charge in [0.05, 0.1) is 5.37 Å². The van der Waals surface area contributed by atoms with Crippen LogP contribution in [0.4, 0.5) is 0 Å². The van der Waals surface area contributed by atoms with Crippen LogP contribution in [0.15, 0.2) is 0 Å². The molecule has 0 amide bonds. The molecule has 1 aliphatic heterocycles. The highest BCUT2D eigenvalue weighted by Gasteiger charge is 2.12. The fraction of sp³-hybridized carbons (Fsp3) is 0.800. The van der Waals surface area contributed by atoms with Crippen molar-refractivity contribution < 1.29 is 0 Å². The van der Waals surface area contributed by atoms with Crippen LogP contribution in [0, 0.1) is 11.5 Å². The summed E-state index contributed by atoms with van der Waals surface area (Å²) >= 11 is 1.86. The number of rotatable bonds is 2. The first-order chi connectivity index (χ1) is 4.43. The van der Waals surface area contributed by atoms with Gasteiger partial charge in [0, 0.05) is 18.8 Å². The second kappa shape index (κ2) is 3.59. The van der Waals surface area contributed by atoms with E-state index in [1.165, 1.54) is 0 Å². The Morgan fingerprint density at radius 3 is 3.33 bits per heavy atom. The van der Waals surface area contributed by atoms with E-state index >= 15 is 0 Å². The van der Waals surface area contributed by atoms with Crippen LogP contribution in [-0.2, 0) is 0 Å². The minimum absolute atomic E-state index is 0.449. The molecule has 0 aromatic heterocycles. The lowest BCUT2D eigenvalue weighted by molar-refractivity contribution is 0.679. The van der Waals surface area contributed by atoms with Gasteiger partial charge in [0.1, 0.15) is 0 Å². The molecular weight excluding hydrogens is 134 g/mol. The maximum Gasteiger partial charge on any atom is 0.176 e. The van der Waals surface area contributed by atoms with Gasteiger partial charge < -0.3 is 10.6 Å². The van der Waals surface area contributed by atoms with E-state index in [0.717, 1.165) is 18.8 Å². The Morgan fingerprint density at radius 2 is 2.78 bits per heavy atom. The quantitative estimate of drug-likeness (QED) is 0.412. The van der Waals surface area contributed by atoms with Crippen LogP contribution in [0.5, 0.6) is 0 Å². The van der Waals surface area contributed by atoms with E-state index in [0.29, 0.717) is 5.37 Å². The Hall–Kier alpha value is -0.400. The molecule has 1 fully saturated rings. The van der Waals surface area contributed by atoms with Crippen LogP contribution in [0.1, 0.15) is 0 Å². The molecule has 1 aliphatic rings. The first-order valence-electron chi connectivity index (χ1n) is 2.90. The lowest BCUT2D eigenvalue weighted by atomic mass is 10.6. The third-order valence-electron chi connectivity index (χ3n) is 1.16. The van der Waals surface area contributed by atoms with Crippen LogP contribution < -0.4 is 10.6 Å². The fourth-order valence-corrected chi connectivity index (χ4v) is 1.71. The second-order valence-electron chi connectivity index (χ2n) is 1.81. The van der Waals surface area contributed by atoms with Crippen molar-refractivity contribution in [1.82, 2.24) is 10.6 Å². The van der Waals surface area contributed by atoms with Gasteiger partial charge in [-0.05, 0) is 0 Å². The molecule has 2 N–H and O–H groups in total. The SMILES string of the molecule is N#CNCC1NCCS1. The zero-order valence-electron chi connectivity index (χ0n) is 5.05. The molecular formula is C5H9N3S. The first-order valence-corrected chi connectivity index (χ1v) is 3.95. The summed E-state index contributed by atoms with van der Waals surface area (Å²) in [7, 11) is 0. The van der Waals surface area contributed by atoms with Crippen molar-refractivity contribution in [1.29, 1.82) is 5.26 Å². The Morgan fingerprint density at radius 1 is 1.89 bits per heavy atom. The Labute approximate surface area is 58.8 Å². The van der Waals surface area contributed by atoms with Gasteiger partial charge in [0.2, 0.25) is 0 Å². The summed E-state index contributed by atoms with van der Waals surface area (Å²) in [6.45, 7) is 1.82. The molecule has 0 aromatic rings. The summed E-state index contributed by atoms with van der Waals surface area (Å²) in [6.07, 6.45) is 1.89. The number of thioether (sulfide) groups is 1. The molecule has 3 nitrogen and oxygen atoms in total. The zero-order chi connectivity index (χ0) is 6.53. The third kappa shape index (κ3) is 2.12. The molecule has 0 bridgehead atoms. The van der Waals surface area contributed by atoms with Crippen LogP contribution in [0.2, 0.25) is 0 Å². The van der Waals surface area contributed by atoms with E-state index in [-0.39, 0.29) is 0 Å². The summed E-state index contributed by atoms with van der Waals surface area (Å²) in [5.41, 5.74) is 0. The molecule has 1 rings (SSSR count). The van der Waals surface area contributed by atoms with Gasteiger partial charge in [-0.3, -0.25) is 0 Å². The van der Waals surface area contributed by atoms with E-state index in [1.807, 2.05) is 18.0 Å². The number of hydrogen-bond acceptors (Lipinski definition) is 4. The summed E-state index contributed by atoms with van der Waals surface area (Å²) in [5.74, 6) is 1.16. The van der Waals surface area contributed by atoms with E-state index in [2.05, 4.69) is 10.6 Å². The van der Waals surface area contributed by atoms with Crippen molar-refractivity contribution in [2.75, 3.05) is 18.8 Å². The highest BCUT2D eigenvalue weighted by atomic mass is 32.2. The highest BCUT2D eigenvalue weighted by Crippen LogP contribution is 2.11. The molecule has 1 atom stereocenters. The Bertz CT molecular complexity index is 114. The first kappa shape index (κ1) is 6.72. The predicted molar refractivity (Wildman–Crippen MR) is 37.9 cm³/mol. The largest absolute Gasteiger partial charge is 0.321 e. The normalized spacial score (nSPS) is 25.4. The van der Waals surface area contributed by atoms with Crippen molar-refractivity contribution in [2.45, 2.75) is 5.37 Å². The standard InChI is InChI=1S/C5H9N3S/c6-4-7-3-5-8-1-2-9-5/h5,7-8H,1-3H2. The number of nitriles is 1. The summed E-state index contributed by atoms with van der Waals surface area (Å²) < 4.78 is 0.